The molecule has 0 radical (unpaired) electrons. The Kier molecular flexibility index (Phi) is 4.30. The third-order valence-corrected chi connectivity index (χ3v) is 2.01. The molecule has 0 amide bonds. The van der Waals surface area contributed by atoms with Gasteiger partial charge in [-0.25, -0.2) is 9.97 Å². The quantitative estimate of drug-likeness (QED) is 0.673. The van der Waals surface area contributed by atoms with Gasteiger partial charge in [0, 0.05) is 25.6 Å². The van der Waals surface area contributed by atoms with E-state index in [4.69, 9.17) is 5.11 Å². The van der Waals surface area contributed by atoms with Crippen LogP contribution in [0.15, 0.2) is 6.07 Å². The smallest absolute Gasteiger partial charge is 0.132 e. The average molecular weight is 210 g/mol. The van der Waals surface area contributed by atoms with Gasteiger partial charge in [0.05, 0.1) is 6.61 Å². The fourth-order valence-electron chi connectivity index (χ4n) is 1.16. The van der Waals surface area contributed by atoms with Crippen LogP contribution in [0.2, 0.25) is 0 Å². The standard InChI is InChI=1S/C10H18N4O/c1-4-8-13-9(11-3)5-10(14-8)12-7(2)6-15/h5,7,15H,4,6H2,1-3H3,(H2,11,12,13,14). The number of hydrogen-bond donors (Lipinski definition) is 3. The molecule has 1 aromatic heterocycles. The molecule has 0 aliphatic rings. The summed E-state index contributed by atoms with van der Waals surface area (Å²) in [6.07, 6.45) is 0.789. The van der Waals surface area contributed by atoms with Crippen LogP contribution in [0.25, 0.3) is 0 Å². The molecule has 5 heteroatoms. The van der Waals surface area contributed by atoms with Crippen molar-refractivity contribution in [2.75, 3.05) is 24.3 Å². The molecule has 1 aromatic rings. The summed E-state index contributed by atoms with van der Waals surface area (Å²) in [6.45, 7) is 3.99. The molecule has 0 spiro atoms. The van der Waals surface area contributed by atoms with E-state index in [0.29, 0.717) is 0 Å². The fourth-order valence-corrected chi connectivity index (χ4v) is 1.16. The molecule has 3 N–H and O–H groups in total. The second kappa shape index (κ2) is 5.50. The number of aliphatic hydroxyl groups excluding tert-OH is 1. The van der Waals surface area contributed by atoms with Gasteiger partial charge in [-0.1, -0.05) is 6.92 Å². The maximum Gasteiger partial charge on any atom is 0.132 e. The Morgan fingerprint density at radius 1 is 1.40 bits per heavy atom. The van der Waals surface area contributed by atoms with Crippen molar-refractivity contribution in [1.29, 1.82) is 0 Å². The molecule has 0 aliphatic heterocycles. The lowest BCUT2D eigenvalue weighted by atomic mass is 10.3. The van der Waals surface area contributed by atoms with E-state index in [1.54, 1.807) is 0 Å². The van der Waals surface area contributed by atoms with Gasteiger partial charge in [0.15, 0.2) is 0 Å². The molecule has 0 saturated carbocycles. The predicted molar refractivity (Wildman–Crippen MR) is 61.1 cm³/mol. The first kappa shape index (κ1) is 11.7. The van der Waals surface area contributed by atoms with Crippen LogP contribution >= 0.6 is 0 Å². The maximum absolute atomic E-state index is 8.93. The average Bonchev–Trinajstić information content (AvgIpc) is 2.28. The van der Waals surface area contributed by atoms with E-state index in [1.165, 1.54) is 0 Å². The first-order valence-electron chi connectivity index (χ1n) is 5.12. The summed E-state index contributed by atoms with van der Waals surface area (Å²) < 4.78 is 0. The zero-order valence-corrected chi connectivity index (χ0v) is 9.41. The lowest BCUT2D eigenvalue weighted by Crippen LogP contribution is -2.20. The van der Waals surface area contributed by atoms with Crippen LogP contribution < -0.4 is 10.6 Å². The Morgan fingerprint density at radius 2 is 2.07 bits per heavy atom. The van der Waals surface area contributed by atoms with Gasteiger partial charge in [-0.2, -0.15) is 0 Å². The van der Waals surface area contributed by atoms with Gasteiger partial charge < -0.3 is 15.7 Å². The zero-order valence-electron chi connectivity index (χ0n) is 9.41. The topological polar surface area (TPSA) is 70.1 Å². The molecule has 0 bridgehead atoms. The number of nitrogens with one attached hydrogen (secondary N) is 2. The van der Waals surface area contributed by atoms with Gasteiger partial charge in [0.25, 0.3) is 0 Å². The van der Waals surface area contributed by atoms with Crippen molar-refractivity contribution >= 4 is 11.6 Å². The number of rotatable bonds is 5. The van der Waals surface area contributed by atoms with Crippen LogP contribution in [0.5, 0.6) is 0 Å². The number of anilines is 2. The van der Waals surface area contributed by atoms with Crippen LogP contribution in [-0.2, 0) is 6.42 Å². The molecule has 1 heterocycles. The summed E-state index contributed by atoms with van der Waals surface area (Å²) in [4.78, 5) is 8.59. The van der Waals surface area contributed by atoms with E-state index in [9.17, 15) is 0 Å². The van der Waals surface area contributed by atoms with Crippen LogP contribution in [0.3, 0.4) is 0 Å². The Balaban J connectivity index is 2.86. The molecule has 0 aliphatic carbocycles. The van der Waals surface area contributed by atoms with Gasteiger partial charge >= 0.3 is 0 Å². The van der Waals surface area contributed by atoms with Gasteiger partial charge in [-0.05, 0) is 6.92 Å². The van der Waals surface area contributed by atoms with Gasteiger partial charge in [-0.3, -0.25) is 0 Å². The number of hydrogen-bond acceptors (Lipinski definition) is 5. The maximum atomic E-state index is 8.93. The lowest BCUT2D eigenvalue weighted by Gasteiger charge is -2.13. The number of aryl methyl sites for hydroxylation is 1. The highest BCUT2D eigenvalue weighted by atomic mass is 16.3. The van der Waals surface area contributed by atoms with Crippen LogP contribution in [-0.4, -0.2) is 34.8 Å². The molecule has 0 aromatic carbocycles. The van der Waals surface area contributed by atoms with Crippen LogP contribution in [0.1, 0.15) is 19.7 Å². The van der Waals surface area contributed by atoms with E-state index < -0.39 is 0 Å². The van der Waals surface area contributed by atoms with Crippen molar-refractivity contribution in [3.8, 4) is 0 Å². The van der Waals surface area contributed by atoms with Gasteiger partial charge in [0.2, 0.25) is 0 Å². The van der Waals surface area contributed by atoms with Crippen molar-refractivity contribution in [2.24, 2.45) is 0 Å². The van der Waals surface area contributed by atoms with E-state index in [-0.39, 0.29) is 12.6 Å². The minimum atomic E-state index is -0.00527. The summed E-state index contributed by atoms with van der Waals surface area (Å²) >= 11 is 0. The van der Waals surface area contributed by atoms with Crippen molar-refractivity contribution in [3.05, 3.63) is 11.9 Å². The highest BCUT2D eigenvalue weighted by Gasteiger charge is 2.05. The van der Waals surface area contributed by atoms with Crippen molar-refractivity contribution in [2.45, 2.75) is 26.3 Å². The van der Waals surface area contributed by atoms with Crippen LogP contribution in [0.4, 0.5) is 11.6 Å². The molecule has 1 rings (SSSR count). The van der Waals surface area contributed by atoms with E-state index >= 15 is 0 Å². The summed E-state index contributed by atoms with van der Waals surface area (Å²) in [5, 5.41) is 15.0. The largest absolute Gasteiger partial charge is 0.394 e. The summed E-state index contributed by atoms with van der Waals surface area (Å²) in [7, 11) is 1.82. The Bertz CT molecular complexity index is 294. The summed E-state index contributed by atoms with van der Waals surface area (Å²) in [5.74, 6) is 2.32. The molecule has 15 heavy (non-hydrogen) atoms. The third kappa shape index (κ3) is 3.36. The van der Waals surface area contributed by atoms with Gasteiger partial charge in [-0.15, -0.1) is 0 Å². The van der Waals surface area contributed by atoms with E-state index in [1.807, 2.05) is 27.0 Å². The zero-order chi connectivity index (χ0) is 11.3. The highest BCUT2D eigenvalue weighted by molar-refractivity contribution is 5.47. The fraction of sp³-hybridized carbons (Fsp3) is 0.600. The molecule has 0 saturated heterocycles. The molecule has 5 nitrogen and oxygen atoms in total. The van der Waals surface area contributed by atoms with E-state index in [2.05, 4.69) is 20.6 Å². The number of aliphatic hydroxyl groups is 1. The van der Waals surface area contributed by atoms with Gasteiger partial charge in [0.1, 0.15) is 17.5 Å². The molecular formula is C10H18N4O. The number of nitrogens with zero attached hydrogens (tertiary/aromatic N) is 2. The Labute approximate surface area is 90.0 Å². The minimum Gasteiger partial charge on any atom is -0.394 e. The van der Waals surface area contributed by atoms with Crippen LogP contribution in [0, 0.1) is 0 Å². The second-order valence-electron chi connectivity index (χ2n) is 3.39. The minimum absolute atomic E-state index is 0.00527. The molecule has 1 unspecified atom stereocenters. The molecule has 0 fully saturated rings. The Morgan fingerprint density at radius 3 is 2.60 bits per heavy atom. The highest BCUT2D eigenvalue weighted by Crippen LogP contribution is 2.11. The first-order chi connectivity index (χ1) is 7.19. The SMILES string of the molecule is CCc1nc(NC)cc(NC(C)CO)n1. The normalized spacial score (nSPS) is 12.3. The number of aromatic nitrogens is 2. The molecule has 1 atom stereocenters. The molecule has 84 valence electrons. The third-order valence-electron chi connectivity index (χ3n) is 2.01. The first-order valence-corrected chi connectivity index (χ1v) is 5.12. The van der Waals surface area contributed by atoms with Crippen molar-refractivity contribution < 1.29 is 5.11 Å². The lowest BCUT2D eigenvalue weighted by molar-refractivity contribution is 0.281. The van der Waals surface area contributed by atoms with Crippen molar-refractivity contribution in [1.82, 2.24) is 9.97 Å². The monoisotopic (exact) mass is 210 g/mol. The predicted octanol–water partition coefficient (Wildman–Crippen LogP) is 0.873. The second-order valence-corrected chi connectivity index (χ2v) is 3.39. The van der Waals surface area contributed by atoms with E-state index in [0.717, 1.165) is 23.9 Å². The Hall–Kier alpha value is -1.36. The summed E-state index contributed by atoms with van der Waals surface area (Å²) in [5.41, 5.74) is 0. The molecular weight excluding hydrogens is 192 g/mol. The summed E-state index contributed by atoms with van der Waals surface area (Å²) in [6, 6.07) is 1.82. The van der Waals surface area contributed by atoms with Crippen molar-refractivity contribution in [3.63, 3.8) is 0 Å².